The van der Waals surface area contributed by atoms with E-state index in [1.807, 2.05) is 26.0 Å². The van der Waals surface area contributed by atoms with Gasteiger partial charge in [0.05, 0.1) is 17.3 Å². The fourth-order valence-corrected chi connectivity index (χ4v) is 2.34. The molecule has 0 saturated heterocycles. The van der Waals surface area contributed by atoms with Gasteiger partial charge in [0.2, 0.25) is 5.91 Å². The van der Waals surface area contributed by atoms with Gasteiger partial charge in [-0.25, -0.2) is 4.79 Å². The van der Waals surface area contributed by atoms with Crippen LogP contribution >= 0.6 is 23.2 Å². The number of hydrogen-bond acceptors (Lipinski definition) is 2. The number of benzene rings is 2. The topological polar surface area (TPSA) is 70.2 Å². The summed E-state index contributed by atoms with van der Waals surface area (Å²) in [6.45, 7) is 3.68. The molecule has 0 spiro atoms. The van der Waals surface area contributed by atoms with Gasteiger partial charge in [-0.1, -0.05) is 35.3 Å². The Bertz CT molecular complexity index is 762. The lowest BCUT2D eigenvalue weighted by Gasteiger charge is -2.12. The van der Waals surface area contributed by atoms with Gasteiger partial charge in [-0.3, -0.25) is 4.79 Å². The summed E-state index contributed by atoms with van der Waals surface area (Å²) in [5.74, 6) is -0.407. The summed E-state index contributed by atoms with van der Waals surface area (Å²) < 4.78 is 0. The van der Waals surface area contributed by atoms with E-state index in [4.69, 9.17) is 23.2 Å². The summed E-state index contributed by atoms with van der Waals surface area (Å²) in [5, 5.41) is 8.62. The van der Waals surface area contributed by atoms with E-state index in [1.54, 1.807) is 18.2 Å². The Hall–Kier alpha value is -2.24. The summed E-state index contributed by atoms with van der Waals surface area (Å²) in [6, 6.07) is 9.89. The second kappa shape index (κ2) is 8.04. The van der Waals surface area contributed by atoms with E-state index in [1.165, 1.54) is 6.07 Å². The zero-order chi connectivity index (χ0) is 17.7. The van der Waals surface area contributed by atoms with Crippen LogP contribution < -0.4 is 16.0 Å². The number of rotatable bonds is 4. The summed E-state index contributed by atoms with van der Waals surface area (Å²) in [7, 11) is 0. The number of aryl methyl sites for hydroxylation is 1. The lowest BCUT2D eigenvalue weighted by molar-refractivity contribution is -0.115. The molecule has 0 aliphatic heterocycles. The third kappa shape index (κ3) is 4.88. The maximum Gasteiger partial charge on any atom is 0.319 e. The zero-order valence-corrected chi connectivity index (χ0v) is 14.8. The normalized spacial score (nSPS) is 10.2. The van der Waals surface area contributed by atoms with Gasteiger partial charge in [0, 0.05) is 10.7 Å². The molecule has 2 rings (SSSR count). The van der Waals surface area contributed by atoms with E-state index in [2.05, 4.69) is 16.0 Å². The highest BCUT2D eigenvalue weighted by Gasteiger charge is 2.10. The first-order chi connectivity index (χ1) is 11.4. The minimum absolute atomic E-state index is 0.195. The third-order valence-electron chi connectivity index (χ3n) is 3.46. The van der Waals surface area contributed by atoms with Crippen molar-refractivity contribution < 1.29 is 9.59 Å². The molecule has 24 heavy (non-hydrogen) atoms. The summed E-state index contributed by atoms with van der Waals surface area (Å²) in [6.07, 6.45) is 0. The van der Waals surface area contributed by atoms with E-state index in [0.29, 0.717) is 21.4 Å². The molecule has 7 heteroatoms. The van der Waals surface area contributed by atoms with Crippen molar-refractivity contribution in [2.24, 2.45) is 0 Å². The second-order valence-electron chi connectivity index (χ2n) is 5.23. The van der Waals surface area contributed by atoms with E-state index in [9.17, 15) is 9.59 Å². The summed E-state index contributed by atoms with van der Waals surface area (Å²) in [4.78, 5) is 23.8. The van der Waals surface area contributed by atoms with Crippen LogP contribution in [0.3, 0.4) is 0 Å². The van der Waals surface area contributed by atoms with E-state index >= 15 is 0 Å². The molecule has 0 atom stereocenters. The standard InChI is InChI=1S/C17H17Cl2N3O2/c1-10-4-3-5-14(11(10)2)22-17(24)20-9-16(23)21-15-8-12(18)6-7-13(15)19/h3-8H,9H2,1-2H3,(H,21,23)(H2,20,22,24). The van der Waals surface area contributed by atoms with E-state index < -0.39 is 11.9 Å². The number of hydrogen-bond donors (Lipinski definition) is 3. The van der Waals surface area contributed by atoms with Gasteiger partial charge in [0.15, 0.2) is 0 Å². The number of carbonyl (C=O) groups excluding carboxylic acids is 2. The molecule has 0 saturated carbocycles. The Kier molecular flexibility index (Phi) is 6.06. The van der Waals surface area contributed by atoms with Crippen molar-refractivity contribution in [3.8, 4) is 0 Å². The number of halogens is 2. The van der Waals surface area contributed by atoms with Crippen LogP contribution in [0.15, 0.2) is 36.4 Å². The molecular formula is C17H17Cl2N3O2. The fourth-order valence-electron chi connectivity index (χ4n) is 2.00. The molecular weight excluding hydrogens is 349 g/mol. The summed E-state index contributed by atoms with van der Waals surface area (Å²) >= 11 is 11.8. The van der Waals surface area contributed by atoms with Crippen LogP contribution in [0.25, 0.3) is 0 Å². The maximum atomic E-state index is 11.9. The van der Waals surface area contributed by atoms with Gasteiger partial charge < -0.3 is 16.0 Å². The maximum absolute atomic E-state index is 11.9. The molecule has 0 aliphatic carbocycles. The van der Waals surface area contributed by atoms with Crippen LogP contribution in [-0.2, 0) is 4.79 Å². The molecule has 0 bridgehead atoms. The molecule has 3 amide bonds. The highest BCUT2D eigenvalue weighted by atomic mass is 35.5. The number of carbonyl (C=O) groups is 2. The van der Waals surface area contributed by atoms with Crippen LogP contribution in [0.4, 0.5) is 16.2 Å². The molecule has 126 valence electrons. The average Bonchev–Trinajstić information content (AvgIpc) is 2.53. The van der Waals surface area contributed by atoms with Crippen LogP contribution in [0.1, 0.15) is 11.1 Å². The first-order valence-corrected chi connectivity index (χ1v) is 7.98. The average molecular weight is 366 g/mol. The van der Waals surface area contributed by atoms with Crippen molar-refractivity contribution in [2.75, 3.05) is 17.2 Å². The van der Waals surface area contributed by atoms with E-state index in [0.717, 1.165) is 11.1 Å². The molecule has 0 fully saturated rings. The smallest absolute Gasteiger partial charge is 0.319 e. The molecule has 2 aromatic carbocycles. The largest absolute Gasteiger partial charge is 0.329 e. The highest BCUT2D eigenvalue weighted by Crippen LogP contribution is 2.25. The van der Waals surface area contributed by atoms with E-state index in [-0.39, 0.29) is 6.54 Å². The predicted octanol–water partition coefficient (Wildman–Crippen LogP) is 4.37. The van der Waals surface area contributed by atoms with Gasteiger partial charge >= 0.3 is 6.03 Å². The Morgan fingerprint density at radius 2 is 1.75 bits per heavy atom. The Balaban J connectivity index is 1.88. The minimum atomic E-state index is -0.462. The number of nitrogens with one attached hydrogen (secondary N) is 3. The molecule has 0 heterocycles. The summed E-state index contributed by atoms with van der Waals surface area (Å²) in [5.41, 5.74) is 3.14. The van der Waals surface area contributed by atoms with Crippen LogP contribution in [0.5, 0.6) is 0 Å². The lowest BCUT2D eigenvalue weighted by atomic mass is 10.1. The Labute approximate surface area is 150 Å². The number of urea groups is 1. The van der Waals surface area contributed by atoms with Crippen molar-refractivity contribution in [1.29, 1.82) is 0 Å². The molecule has 3 N–H and O–H groups in total. The molecule has 0 aromatic heterocycles. The monoisotopic (exact) mass is 365 g/mol. The van der Waals surface area contributed by atoms with Crippen molar-refractivity contribution in [1.82, 2.24) is 5.32 Å². The molecule has 0 unspecified atom stereocenters. The minimum Gasteiger partial charge on any atom is -0.329 e. The molecule has 5 nitrogen and oxygen atoms in total. The third-order valence-corrected chi connectivity index (χ3v) is 4.03. The number of anilines is 2. The second-order valence-corrected chi connectivity index (χ2v) is 6.07. The Morgan fingerprint density at radius 1 is 1.00 bits per heavy atom. The van der Waals surface area contributed by atoms with Gasteiger partial charge in [-0.05, 0) is 49.2 Å². The van der Waals surface area contributed by atoms with Gasteiger partial charge in [0.25, 0.3) is 0 Å². The SMILES string of the molecule is Cc1cccc(NC(=O)NCC(=O)Nc2cc(Cl)ccc2Cl)c1C. The van der Waals surface area contributed by atoms with Gasteiger partial charge in [-0.15, -0.1) is 0 Å². The van der Waals surface area contributed by atoms with Crippen LogP contribution in [0.2, 0.25) is 10.0 Å². The van der Waals surface area contributed by atoms with Crippen LogP contribution in [-0.4, -0.2) is 18.5 Å². The number of amides is 3. The first kappa shape index (κ1) is 18.1. The highest BCUT2D eigenvalue weighted by molar-refractivity contribution is 6.35. The lowest BCUT2D eigenvalue weighted by Crippen LogP contribution is -2.36. The van der Waals surface area contributed by atoms with Crippen molar-refractivity contribution >= 4 is 46.5 Å². The van der Waals surface area contributed by atoms with Gasteiger partial charge in [-0.2, -0.15) is 0 Å². The van der Waals surface area contributed by atoms with Crippen molar-refractivity contribution in [3.05, 3.63) is 57.6 Å². The molecule has 0 aliphatic rings. The first-order valence-electron chi connectivity index (χ1n) is 7.23. The van der Waals surface area contributed by atoms with Crippen molar-refractivity contribution in [2.45, 2.75) is 13.8 Å². The predicted molar refractivity (Wildman–Crippen MR) is 98.0 cm³/mol. The fraction of sp³-hybridized carbons (Fsp3) is 0.176. The molecule has 0 radical (unpaired) electrons. The van der Waals surface area contributed by atoms with Gasteiger partial charge in [0.1, 0.15) is 0 Å². The Morgan fingerprint density at radius 3 is 2.50 bits per heavy atom. The molecule has 2 aromatic rings. The zero-order valence-electron chi connectivity index (χ0n) is 13.2. The van der Waals surface area contributed by atoms with Crippen LogP contribution in [0, 0.1) is 13.8 Å². The van der Waals surface area contributed by atoms with Crippen molar-refractivity contribution in [3.63, 3.8) is 0 Å². The quantitative estimate of drug-likeness (QED) is 0.752.